The SMILES string of the molecule is Cc1cccc2c(N)c(C(=O)NN)cnc12. The molecule has 16 heavy (non-hydrogen) atoms. The highest BCUT2D eigenvalue weighted by molar-refractivity contribution is 6.06. The molecule has 0 unspecified atom stereocenters. The lowest BCUT2D eigenvalue weighted by atomic mass is 10.1. The van der Waals surface area contributed by atoms with Crippen LogP contribution in [0.25, 0.3) is 10.9 Å². The van der Waals surface area contributed by atoms with Gasteiger partial charge in [-0.1, -0.05) is 18.2 Å². The van der Waals surface area contributed by atoms with Gasteiger partial charge in [0.25, 0.3) is 5.91 Å². The van der Waals surface area contributed by atoms with Gasteiger partial charge in [-0.3, -0.25) is 15.2 Å². The summed E-state index contributed by atoms with van der Waals surface area (Å²) in [6.07, 6.45) is 1.44. The van der Waals surface area contributed by atoms with Crippen molar-refractivity contribution in [2.75, 3.05) is 5.73 Å². The first kappa shape index (κ1) is 10.4. The lowest BCUT2D eigenvalue weighted by Gasteiger charge is -2.08. The lowest BCUT2D eigenvalue weighted by molar-refractivity contribution is 0.0954. The number of anilines is 1. The molecule has 1 amide bonds. The number of amides is 1. The van der Waals surface area contributed by atoms with Crippen LogP contribution in [0.5, 0.6) is 0 Å². The number of carbonyl (C=O) groups is 1. The van der Waals surface area contributed by atoms with Gasteiger partial charge in [-0.05, 0) is 12.5 Å². The Morgan fingerprint density at radius 3 is 2.88 bits per heavy atom. The van der Waals surface area contributed by atoms with Gasteiger partial charge in [0.2, 0.25) is 0 Å². The van der Waals surface area contributed by atoms with Gasteiger partial charge in [-0.25, -0.2) is 5.84 Å². The largest absolute Gasteiger partial charge is 0.397 e. The number of para-hydroxylation sites is 1. The standard InChI is InChI=1S/C11H12N4O/c1-6-3-2-4-7-9(12)8(11(16)15-13)5-14-10(6)7/h2-5H,13H2,1H3,(H2,12,14)(H,15,16). The number of fused-ring (bicyclic) bond motifs is 1. The van der Waals surface area contributed by atoms with Gasteiger partial charge >= 0.3 is 0 Å². The van der Waals surface area contributed by atoms with Gasteiger partial charge in [0.1, 0.15) is 0 Å². The van der Waals surface area contributed by atoms with Crippen LogP contribution in [0.3, 0.4) is 0 Å². The molecule has 5 nitrogen and oxygen atoms in total. The molecule has 82 valence electrons. The summed E-state index contributed by atoms with van der Waals surface area (Å²) in [6.45, 7) is 1.94. The Bertz CT molecular complexity index is 565. The van der Waals surface area contributed by atoms with Crippen molar-refractivity contribution in [1.29, 1.82) is 0 Å². The Morgan fingerprint density at radius 1 is 1.44 bits per heavy atom. The second-order valence-electron chi connectivity index (χ2n) is 3.53. The summed E-state index contributed by atoms with van der Waals surface area (Å²) >= 11 is 0. The van der Waals surface area contributed by atoms with E-state index in [1.165, 1.54) is 6.20 Å². The molecule has 5 heteroatoms. The van der Waals surface area contributed by atoms with E-state index in [1.807, 2.05) is 30.5 Å². The van der Waals surface area contributed by atoms with Gasteiger partial charge in [-0.15, -0.1) is 0 Å². The third-order valence-corrected chi connectivity index (χ3v) is 2.52. The smallest absolute Gasteiger partial charge is 0.268 e. The Labute approximate surface area is 92.4 Å². The van der Waals surface area contributed by atoms with E-state index in [-0.39, 0.29) is 0 Å². The number of aromatic nitrogens is 1. The van der Waals surface area contributed by atoms with Gasteiger partial charge in [0.15, 0.2) is 0 Å². The molecule has 0 spiro atoms. The quantitative estimate of drug-likeness (QED) is 0.372. The molecule has 0 atom stereocenters. The first-order valence-electron chi connectivity index (χ1n) is 4.80. The van der Waals surface area contributed by atoms with Crippen LogP contribution in [0.15, 0.2) is 24.4 Å². The summed E-state index contributed by atoms with van der Waals surface area (Å²) < 4.78 is 0. The predicted octanol–water partition coefficient (Wildman–Crippen LogP) is 0.729. The fourth-order valence-electron chi connectivity index (χ4n) is 1.65. The molecule has 0 saturated heterocycles. The van der Waals surface area contributed by atoms with Crippen LogP contribution in [0.4, 0.5) is 5.69 Å². The Hall–Kier alpha value is -2.14. The van der Waals surface area contributed by atoms with Crippen LogP contribution in [0, 0.1) is 6.92 Å². The van der Waals surface area contributed by atoms with Crippen LogP contribution in [-0.4, -0.2) is 10.9 Å². The van der Waals surface area contributed by atoms with Crippen LogP contribution in [0.2, 0.25) is 0 Å². The zero-order valence-electron chi connectivity index (χ0n) is 8.82. The number of hydrazine groups is 1. The average molecular weight is 216 g/mol. The molecular formula is C11H12N4O. The van der Waals surface area contributed by atoms with Crippen molar-refractivity contribution in [3.8, 4) is 0 Å². The minimum absolute atomic E-state index is 0.292. The van der Waals surface area contributed by atoms with E-state index in [4.69, 9.17) is 11.6 Å². The van der Waals surface area contributed by atoms with Gasteiger partial charge < -0.3 is 5.73 Å². The van der Waals surface area contributed by atoms with E-state index in [2.05, 4.69) is 4.98 Å². The lowest BCUT2D eigenvalue weighted by Crippen LogP contribution is -2.30. The molecule has 5 N–H and O–H groups in total. The summed E-state index contributed by atoms with van der Waals surface area (Å²) in [7, 11) is 0. The number of nitrogen functional groups attached to an aromatic ring is 2. The molecule has 0 bridgehead atoms. The maximum atomic E-state index is 11.4. The molecule has 2 rings (SSSR count). The minimum Gasteiger partial charge on any atom is -0.397 e. The number of pyridine rings is 1. The maximum absolute atomic E-state index is 11.4. The zero-order valence-corrected chi connectivity index (χ0v) is 8.82. The molecule has 1 aromatic heterocycles. The van der Waals surface area contributed by atoms with E-state index in [0.29, 0.717) is 11.3 Å². The maximum Gasteiger partial charge on any atom is 0.268 e. The molecule has 1 heterocycles. The number of nitrogens with one attached hydrogen (secondary N) is 1. The third-order valence-electron chi connectivity index (χ3n) is 2.52. The van der Waals surface area contributed by atoms with E-state index >= 15 is 0 Å². The predicted molar refractivity (Wildman–Crippen MR) is 62.5 cm³/mol. The van der Waals surface area contributed by atoms with Crippen molar-refractivity contribution in [2.45, 2.75) is 6.92 Å². The summed E-state index contributed by atoms with van der Waals surface area (Å²) in [6, 6.07) is 5.65. The molecule has 2 aromatic rings. The van der Waals surface area contributed by atoms with Gasteiger partial charge in [0.05, 0.1) is 16.8 Å². The van der Waals surface area contributed by atoms with Gasteiger partial charge in [0, 0.05) is 11.6 Å². The fourth-order valence-corrected chi connectivity index (χ4v) is 1.65. The molecule has 0 radical (unpaired) electrons. The number of carbonyl (C=O) groups excluding carboxylic acids is 1. The minimum atomic E-state index is -0.437. The number of aryl methyl sites for hydroxylation is 1. The van der Waals surface area contributed by atoms with Crippen LogP contribution in [0.1, 0.15) is 15.9 Å². The first-order chi connectivity index (χ1) is 7.65. The zero-order chi connectivity index (χ0) is 11.7. The Balaban J connectivity index is 2.75. The average Bonchev–Trinajstić information content (AvgIpc) is 2.30. The van der Waals surface area contributed by atoms with Crippen LogP contribution in [-0.2, 0) is 0 Å². The number of nitrogens with zero attached hydrogens (tertiary/aromatic N) is 1. The third kappa shape index (κ3) is 1.47. The highest BCUT2D eigenvalue weighted by Gasteiger charge is 2.12. The fraction of sp³-hybridized carbons (Fsp3) is 0.0909. The van der Waals surface area contributed by atoms with Crippen molar-refractivity contribution in [1.82, 2.24) is 10.4 Å². The van der Waals surface area contributed by atoms with Crippen molar-refractivity contribution in [3.05, 3.63) is 35.5 Å². The molecule has 0 aliphatic heterocycles. The topological polar surface area (TPSA) is 94.0 Å². The van der Waals surface area contributed by atoms with Crippen LogP contribution < -0.4 is 17.0 Å². The summed E-state index contributed by atoms with van der Waals surface area (Å²) in [4.78, 5) is 15.6. The number of rotatable bonds is 1. The summed E-state index contributed by atoms with van der Waals surface area (Å²) in [5.74, 6) is 4.63. The Morgan fingerprint density at radius 2 is 2.19 bits per heavy atom. The van der Waals surface area contributed by atoms with Crippen LogP contribution >= 0.6 is 0 Å². The number of hydrogen-bond acceptors (Lipinski definition) is 4. The first-order valence-corrected chi connectivity index (χ1v) is 4.80. The summed E-state index contributed by atoms with van der Waals surface area (Å²) in [5.41, 5.74) is 10.5. The number of nitrogens with two attached hydrogens (primary N) is 2. The van der Waals surface area contributed by atoms with Crippen molar-refractivity contribution in [3.63, 3.8) is 0 Å². The van der Waals surface area contributed by atoms with Crippen molar-refractivity contribution >= 4 is 22.5 Å². The molecule has 0 saturated carbocycles. The van der Waals surface area contributed by atoms with E-state index < -0.39 is 5.91 Å². The normalized spacial score (nSPS) is 10.4. The molecule has 1 aromatic carbocycles. The van der Waals surface area contributed by atoms with Gasteiger partial charge in [-0.2, -0.15) is 0 Å². The monoisotopic (exact) mass is 216 g/mol. The molecule has 0 aliphatic rings. The van der Waals surface area contributed by atoms with E-state index in [9.17, 15) is 4.79 Å². The second kappa shape index (κ2) is 3.79. The number of hydrogen-bond donors (Lipinski definition) is 3. The number of benzene rings is 1. The highest BCUT2D eigenvalue weighted by Crippen LogP contribution is 2.24. The van der Waals surface area contributed by atoms with E-state index in [0.717, 1.165) is 16.5 Å². The highest BCUT2D eigenvalue weighted by atomic mass is 16.2. The molecule has 0 fully saturated rings. The van der Waals surface area contributed by atoms with Crippen molar-refractivity contribution < 1.29 is 4.79 Å². The molecular weight excluding hydrogens is 204 g/mol. The second-order valence-corrected chi connectivity index (χ2v) is 3.53. The van der Waals surface area contributed by atoms with Crippen molar-refractivity contribution in [2.24, 2.45) is 5.84 Å². The summed E-state index contributed by atoms with van der Waals surface area (Å²) in [5, 5.41) is 0.765. The molecule has 0 aliphatic carbocycles. The van der Waals surface area contributed by atoms with E-state index in [1.54, 1.807) is 0 Å². The Kier molecular flexibility index (Phi) is 2.46.